The van der Waals surface area contributed by atoms with Gasteiger partial charge in [-0.15, -0.1) is 0 Å². The average Bonchev–Trinajstić information content (AvgIpc) is 2.45. The van der Waals surface area contributed by atoms with Crippen LogP contribution in [0.1, 0.15) is 68.8 Å². The second kappa shape index (κ2) is 6.40. The van der Waals surface area contributed by atoms with Crippen LogP contribution >= 0.6 is 0 Å². The number of fused-ring (bicyclic) bond motifs is 1. The van der Waals surface area contributed by atoms with Gasteiger partial charge in [-0.2, -0.15) is 0 Å². The van der Waals surface area contributed by atoms with Crippen molar-refractivity contribution >= 4 is 5.91 Å². The molecule has 1 amide bonds. The number of rotatable bonds is 4. The molecule has 0 aliphatic heterocycles. The third-order valence-electron chi connectivity index (χ3n) is 4.50. The zero-order chi connectivity index (χ0) is 14.7. The molecule has 1 aliphatic carbocycles. The van der Waals surface area contributed by atoms with E-state index >= 15 is 0 Å². The maximum Gasteiger partial charge on any atom is 0.217 e. The van der Waals surface area contributed by atoms with Gasteiger partial charge in [0.05, 0.1) is 6.04 Å². The number of aryl methyl sites for hydroxylation is 1. The fraction of sp³-hybridized carbons (Fsp3) is 0.588. The number of nitrogens with one attached hydrogen (secondary N) is 1. The Labute approximate surface area is 121 Å². The summed E-state index contributed by atoms with van der Waals surface area (Å²) in [7, 11) is 0. The van der Waals surface area contributed by atoms with E-state index in [4.69, 9.17) is 5.73 Å². The van der Waals surface area contributed by atoms with Crippen LogP contribution in [-0.2, 0) is 11.2 Å². The predicted molar refractivity (Wildman–Crippen MR) is 82.3 cm³/mol. The molecule has 3 N–H and O–H groups in total. The highest BCUT2D eigenvalue weighted by atomic mass is 16.1. The first-order valence-electron chi connectivity index (χ1n) is 7.68. The third-order valence-corrected chi connectivity index (χ3v) is 4.50. The van der Waals surface area contributed by atoms with Crippen molar-refractivity contribution in [3.8, 4) is 0 Å². The van der Waals surface area contributed by atoms with Crippen molar-refractivity contribution in [2.75, 3.05) is 0 Å². The van der Waals surface area contributed by atoms with E-state index < -0.39 is 0 Å². The van der Waals surface area contributed by atoms with Gasteiger partial charge >= 0.3 is 0 Å². The molecule has 3 nitrogen and oxygen atoms in total. The maximum absolute atomic E-state index is 11.4. The smallest absolute Gasteiger partial charge is 0.217 e. The molecule has 20 heavy (non-hydrogen) atoms. The molecule has 3 unspecified atom stereocenters. The number of nitrogens with two attached hydrogens (primary N) is 1. The van der Waals surface area contributed by atoms with E-state index in [1.807, 2.05) is 0 Å². The molecular formula is C17H26N2O. The van der Waals surface area contributed by atoms with Crippen molar-refractivity contribution in [3.05, 3.63) is 34.9 Å². The molecule has 3 atom stereocenters. The van der Waals surface area contributed by atoms with Gasteiger partial charge in [0.15, 0.2) is 0 Å². The van der Waals surface area contributed by atoms with Gasteiger partial charge in [0.25, 0.3) is 0 Å². The molecule has 0 saturated heterocycles. The van der Waals surface area contributed by atoms with Gasteiger partial charge in [-0.25, -0.2) is 0 Å². The van der Waals surface area contributed by atoms with Crippen LogP contribution in [-0.4, -0.2) is 5.91 Å². The van der Waals surface area contributed by atoms with Crippen LogP contribution in [0.25, 0.3) is 0 Å². The summed E-state index contributed by atoms with van der Waals surface area (Å²) in [6.45, 7) is 5.95. The van der Waals surface area contributed by atoms with E-state index in [1.54, 1.807) is 6.92 Å². The number of carbonyl (C=O) groups is 1. The summed E-state index contributed by atoms with van der Waals surface area (Å²) in [6, 6.07) is 6.80. The highest BCUT2D eigenvalue weighted by molar-refractivity contribution is 5.73. The van der Waals surface area contributed by atoms with E-state index in [-0.39, 0.29) is 18.0 Å². The third kappa shape index (κ3) is 3.21. The van der Waals surface area contributed by atoms with E-state index in [1.165, 1.54) is 16.7 Å². The van der Waals surface area contributed by atoms with Gasteiger partial charge in [-0.3, -0.25) is 4.79 Å². The van der Waals surface area contributed by atoms with Gasteiger partial charge in [-0.05, 0) is 41.9 Å². The summed E-state index contributed by atoms with van der Waals surface area (Å²) in [6.07, 6.45) is 4.33. The quantitative estimate of drug-likeness (QED) is 0.885. The summed E-state index contributed by atoms with van der Waals surface area (Å²) in [5.41, 5.74) is 10.2. The average molecular weight is 274 g/mol. The van der Waals surface area contributed by atoms with Crippen LogP contribution in [0, 0.1) is 5.92 Å². The molecule has 1 aromatic rings. The molecule has 3 heteroatoms. The Morgan fingerprint density at radius 1 is 1.50 bits per heavy atom. The lowest BCUT2D eigenvalue weighted by atomic mass is 9.84. The Balaban J connectivity index is 2.29. The van der Waals surface area contributed by atoms with E-state index in [9.17, 15) is 4.79 Å². The standard InChI is InChI=1S/C17H26N2O/c1-4-11(2)17(18)14-9-8-13-6-5-7-16(15(13)10-14)19-12(3)20/h8-11,16-17H,4-7,18H2,1-3H3,(H,19,20). The van der Waals surface area contributed by atoms with Crippen molar-refractivity contribution in [1.29, 1.82) is 0 Å². The topological polar surface area (TPSA) is 55.1 Å². The van der Waals surface area contributed by atoms with Crippen LogP contribution in [0.2, 0.25) is 0 Å². The molecule has 0 bridgehead atoms. The molecule has 0 radical (unpaired) electrons. The lowest BCUT2D eigenvalue weighted by Gasteiger charge is -2.28. The minimum atomic E-state index is 0.0412. The second-order valence-corrected chi connectivity index (χ2v) is 6.01. The molecule has 0 aromatic heterocycles. The molecule has 2 rings (SSSR count). The molecule has 1 aromatic carbocycles. The van der Waals surface area contributed by atoms with E-state index in [0.29, 0.717) is 5.92 Å². The van der Waals surface area contributed by atoms with Crippen LogP contribution in [0.15, 0.2) is 18.2 Å². The highest BCUT2D eigenvalue weighted by Gasteiger charge is 2.23. The SMILES string of the molecule is CCC(C)C(N)c1ccc2c(c1)C(NC(C)=O)CCC2. The Morgan fingerprint density at radius 3 is 2.90 bits per heavy atom. The molecule has 0 saturated carbocycles. The molecule has 0 spiro atoms. The Bertz CT molecular complexity index is 484. The predicted octanol–water partition coefficient (Wildman–Crippen LogP) is 3.25. The fourth-order valence-corrected chi connectivity index (χ4v) is 3.00. The largest absolute Gasteiger partial charge is 0.350 e. The van der Waals surface area contributed by atoms with Crippen molar-refractivity contribution in [1.82, 2.24) is 5.32 Å². The summed E-state index contributed by atoms with van der Waals surface area (Å²) < 4.78 is 0. The Kier molecular flexibility index (Phi) is 4.81. The van der Waals surface area contributed by atoms with Crippen molar-refractivity contribution in [2.24, 2.45) is 11.7 Å². The number of hydrogen-bond acceptors (Lipinski definition) is 2. The van der Waals surface area contributed by atoms with E-state index in [2.05, 4.69) is 37.4 Å². The summed E-state index contributed by atoms with van der Waals surface area (Å²) >= 11 is 0. The first-order valence-corrected chi connectivity index (χ1v) is 7.68. The molecular weight excluding hydrogens is 248 g/mol. The molecule has 1 aliphatic rings. The van der Waals surface area contributed by atoms with Crippen LogP contribution < -0.4 is 11.1 Å². The second-order valence-electron chi connectivity index (χ2n) is 6.01. The zero-order valence-electron chi connectivity index (χ0n) is 12.8. The Hall–Kier alpha value is -1.35. The van der Waals surface area contributed by atoms with Gasteiger partial charge < -0.3 is 11.1 Å². The minimum Gasteiger partial charge on any atom is -0.350 e. The van der Waals surface area contributed by atoms with Gasteiger partial charge in [0.1, 0.15) is 0 Å². The van der Waals surface area contributed by atoms with Gasteiger partial charge in [0, 0.05) is 13.0 Å². The maximum atomic E-state index is 11.4. The van der Waals surface area contributed by atoms with Crippen molar-refractivity contribution in [3.63, 3.8) is 0 Å². The highest BCUT2D eigenvalue weighted by Crippen LogP contribution is 2.33. The number of hydrogen-bond donors (Lipinski definition) is 2. The fourth-order valence-electron chi connectivity index (χ4n) is 3.00. The lowest BCUT2D eigenvalue weighted by molar-refractivity contribution is -0.119. The van der Waals surface area contributed by atoms with Gasteiger partial charge in [-0.1, -0.05) is 38.5 Å². The monoisotopic (exact) mass is 274 g/mol. The van der Waals surface area contributed by atoms with Crippen LogP contribution in [0.5, 0.6) is 0 Å². The summed E-state index contributed by atoms with van der Waals surface area (Å²) in [4.78, 5) is 11.4. The Morgan fingerprint density at radius 2 is 2.25 bits per heavy atom. The van der Waals surface area contributed by atoms with Crippen molar-refractivity contribution in [2.45, 2.75) is 58.5 Å². The number of amides is 1. The number of carbonyl (C=O) groups excluding carboxylic acids is 1. The first kappa shape index (κ1) is 15.0. The van der Waals surface area contributed by atoms with E-state index in [0.717, 1.165) is 25.7 Å². The normalized spacial score (nSPS) is 20.9. The summed E-state index contributed by atoms with van der Waals surface area (Å²) in [5, 5.41) is 3.07. The van der Waals surface area contributed by atoms with Crippen molar-refractivity contribution < 1.29 is 4.79 Å². The van der Waals surface area contributed by atoms with Crippen LogP contribution in [0.3, 0.4) is 0 Å². The first-order chi connectivity index (χ1) is 9.52. The molecule has 0 heterocycles. The van der Waals surface area contributed by atoms with Gasteiger partial charge in [0.2, 0.25) is 5.91 Å². The number of benzene rings is 1. The molecule has 0 fully saturated rings. The zero-order valence-corrected chi connectivity index (χ0v) is 12.8. The lowest BCUT2D eigenvalue weighted by Crippen LogP contribution is -2.29. The molecule has 110 valence electrons. The summed E-state index contributed by atoms with van der Waals surface area (Å²) in [5.74, 6) is 0.510. The minimum absolute atomic E-state index is 0.0412. The van der Waals surface area contributed by atoms with Crippen LogP contribution in [0.4, 0.5) is 0 Å².